The summed E-state index contributed by atoms with van der Waals surface area (Å²) in [6, 6.07) is 0.924. The molecule has 1 aliphatic heterocycles. The highest BCUT2D eigenvalue weighted by molar-refractivity contribution is 4.98. The molecule has 2 aliphatic carbocycles. The summed E-state index contributed by atoms with van der Waals surface area (Å²) >= 11 is 0. The molecular formula is C10H17N. The first kappa shape index (κ1) is 6.47. The van der Waals surface area contributed by atoms with Crippen LogP contribution in [0.15, 0.2) is 0 Å². The molecule has 3 atom stereocenters. The van der Waals surface area contributed by atoms with Gasteiger partial charge in [0.25, 0.3) is 0 Å². The summed E-state index contributed by atoms with van der Waals surface area (Å²) in [5, 5.41) is 3.71. The van der Waals surface area contributed by atoms with Crippen molar-refractivity contribution in [2.45, 2.75) is 38.1 Å². The van der Waals surface area contributed by atoms with E-state index in [1.807, 2.05) is 0 Å². The number of hydrogen-bond donors (Lipinski definition) is 1. The van der Waals surface area contributed by atoms with Crippen molar-refractivity contribution in [3.63, 3.8) is 0 Å². The summed E-state index contributed by atoms with van der Waals surface area (Å²) in [5.41, 5.74) is 0. The van der Waals surface area contributed by atoms with Gasteiger partial charge in [-0.3, -0.25) is 0 Å². The number of fused-ring (bicyclic) bond motifs is 1. The second-order valence-corrected chi connectivity index (χ2v) is 4.70. The largest absolute Gasteiger partial charge is 0.313 e. The number of nitrogens with one attached hydrogen (secondary N) is 1. The van der Waals surface area contributed by atoms with Crippen molar-refractivity contribution >= 4 is 0 Å². The maximum Gasteiger partial charge on any atom is 0.00981 e. The molecular weight excluding hydrogens is 134 g/mol. The van der Waals surface area contributed by atoms with Crippen molar-refractivity contribution < 1.29 is 0 Å². The summed E-state index contributed by atoms with van der Waals surface area (Å²) in [7, 11) is 0. The molecule has 3 rings (SSSR count). The maximum atomic E-state index is 3.71. The topological polar surface area (TPSA) is 12.0 Å². The first-order valence-corrected chi connectivity index (χ1v) is 5.17. The number of hydrogen-bond acceptors (Lipinski definition) is 1. The van der Waals surface area contributed by atoms with Gasteiger partial charge < -0.3 is 5.32 Å². The highest BCUT2D eigenvalue weighted by Crippen LogP contribution is 2.47. The van der Waals surface area contributed by atoms with Crippen LogP contribution < -0.4 is 5.32 Å². The van der Waals surface area contributed by atoms with Crippen LogP contribution in [0.5, 0.6) is 0 Å². The van der Waals surface area contributed by atoms with Gasteiger partial charge in [-0.2, -0.15) is 0 Å². The second kappa shape index (κ2) is 2.22. The third-order valence-electron chi connectivity index (χ3n) is 3.99. The fourth-order valence-electron chi connectivity index (χ4n) is 2.76. The van der Waals surface area contributed by atoms with E-state index in [1.165, 1.54) is 38.6 Å². The van der Waals surface area contributed by atoms with E-state index in [1.54, 1.807) is 0 Å². The Morgan fingerprint density at radius 2 is 1.82 bits per heavy atom. The molecule has 0 aromatic carbocycles. The first-order valence-electron chi connectivity index (χ1n) is 5.17. The zero-order chi connectivity index (χ0) is 7.26. The molecule has 3 aliphatic rings. The molecule has 1 N–H and O–H groups in total. The number of rotatable bonds is 1. The molecule has 3 unspecified atom stereocenters. The van der Waals surface area contributed by atoms with Crippen molar-refractivity contribution in [2.75, 3.05) is 6.54 Å². The van der Waals surface area contributed by atoms with Gasteiger partial charge in [0.1, 0.15) is 0 Å². The molecule has 62 valence electrons. The van der Waals surface area contributed by atoms with Gasteiger partial charge in [-0.1, -0.05) is 6.42 Å². The Labute approximate surface area is 68.6 Å². The summed E-state index contributed by atoms with van der Waals surface area (Å²) in [6.45, 7) is 1.34. The molecule has 0 radical (unpaired) electrons. The number of piperidine rings is 1. The molecule has 11 heavy (non-hydrogen) atoms. The van der Waals surface area contributed by atoms with E-state index in [4.69, 9.17) is 0 Å². The van der Waals surface area contributed by atoms with Crippen LogP contribution in [0, 0.1) is 17.8 Å². The fraction of sp³-hybridized carbons (Fsp3) is 1.00. The van der Waals surface area contributed by atoms with E-state index >= 15 is 0 Å². The third-order valence-corrected chi connectivity index (χ3v) is 3.99. The summed E-state index contributed by atoms with van der Waals surface area (Å²) < 4.78 is 0. The Morgan fingerprint density at radius 3 is 2.45 bits per heavy atom. The Morgan fingerprint density at radius 1 is 0.909 bits per heavy atom. The van der Waals surface area contributed by atoms with E-state index in [0.717, 1.165) is 23.8 Å². The zero-order valence-electron chi connectivity index (χ0n) is 7.05. The smallest absolute Gasteiger partial charge is 0.00981 e. The lowest BCUT2D eigenvalue weighted by Gasteiger charge is -2.36. The minimum Gasteiger partial charge on any atom is -0.313 e. The fourth-order valence-corrected chi connectivity index (χ4v) is 2.76. The van der Waals surface area contributed by atoms with Crippen LogP contribution in [0.25, 0.3) is 0 Å². The Bertz CT molecular complexity index is 162. The predicted octanol–water partition coefficient (Wildman–Crippen LogP) is 1.78. The van der Waals surface area contributed by atoms with Crippen LogP contribution >= 0.6 is 0 Å². The third kappa shape index (κ3) is 1.01. The summed E-state index contributed by atoms with van der Waals surface area (Å²) in [4.78, 5) is 0. The van der Waals surface area contributed by atoms with Crippen molar-refractivity contribution in [2.24, 2.45) is 17.8 Å². The van der Waals surface area contributed by atoms with E-state index in [-0.39, 0.29) is 0 Å². The van der Waals surface area contributed by atoms with Crippen molar-refractivity contribution in [1.29, 1.82) is 0 Å². The lowest BCUT2D eigenvalue weighted by atomic mass is 9.77. The van der Waals surface area contributed by atoms with E-state index < -0.39 is 0 Å². The molecule has 0 amide bonds. The van der Waals surface area contributed by atoms with Crippen LogP contribution in [-0.2, 0) is 0 Å². The SMILES string of the molecule is C1CC(C2CC3CC3CN2)C1. The Kier molecular flexibility index (Phi) is 1.31. The summed E-state index contributed by atoms with van der Waals surface area (Å²) in [6.07, 6.45) is 7.56. The van der Waals surface area contributed by atoms with Crippen molar-refractivity contribution in [1.82, 2.24) is 5.32 Å². The molecule has 1 heterocycles. The van der Waals surface area contributed by atoms with Crippen LogP contribution in [0.3, 0.4) is 0 Å². The van der Waals surface area contributed by atoms with Crippen LogP contribution in [0.4, 0.5) is 0 Å². The highest BCUT2D eigenvalue weighted by atomic mass is 15.0. The molecule has 1 saturated heterocycles. The Hall–Kier alpha value is -0.0400. The van der Waals surface area contributed by atoms with Gasteiger partial charge in [0.2, 0.25) is 0 Å². The normalized spacial score (nSPS) is 49.6. The predicted molar refractivity (Wildman–Crippen MR) is 45.3 cm³/mol. The van der Waals surface area contributed by atoms with Gasteiger partial charge in [0.05, 0.1) is 0 Å². The van der Waals surface area contributed by atoms with E-state index in [9.17, 15) is 0 Å². The van der Waals surface area contributed by atoms with Gasteiger partial charge in [-0.15, -0.1) is 0 Å². The highest BCUT2D eigenvalue weighted by Gasteiger charge is 2.44. The molecule has 0 aromatic rings. The first-order chi connectivity index (χ1) is 5.43. The zero-order valence-corrected chi connectivity index (χ0v) is 7.05. The van der Waals surface area contributed by atoms with E-state index in [2.05, 4.69) is 5.32 Å². The molecule has 0 bridgehead atoms. The van der Waals surface area contributed by atoms with Gasteiger partial charge in [-0.05, 0) is 50.0 Å². The maximum absolute atomic E-state index is 3.71. The van der Waals surface area contributed by atoms with Crippen LogP contribution in [0.2, 0.25) is 0 Å². The lowest BCUT2D eigenvalue weighted by Crippen LogP contribution is -2.43. The lowest BCUT2D eigenvalue weighted by molar-refractivity contribution is 0.195. The monoisotopic (exact) mass is 151 g/mol. The molecule has 3 fully saturated rings. The van der Waals surface area contributed by atoms with Gasteiger partial charge >= 0.3 is 0 Å². The molecule has 1 heteroatoms. The minimum atomic E-state index is 0.924. The quantitative estimate of drug-likeness (QED) is 0.602. The average Bonchev–Trinajstić information content (AvgIpc) is 2.60. The molecule has 1 nitrogen and oxygen atoms in total. The van der Waals surface area contributed by atoms with E-state index in [0.29, 0.717) is 0 Å². The average molecular weight is 151 g/mol. The summed E-state index contributed by atoms with van der Waals surface area (Å²) in [5.74, 6) is 3.30. The Balaban J connectivity index is 1.60. The van der Waals surface area contributed by atoms with Crippen LogP contribution in [0.1, 0.15) is 32.1 Å². The molecule has 2 saturated carbocycles. The van der Waals surface area contributed by atoms with Crippen LogP contribution in [-0.4, -0.2) is 12.6 Å². The standard InChI is InChI=1S/C10H17N/c1-2-7(3-1)10-5-8-4-9(8)6-11-10/h7-11H,1-6H2. The molecule has 0 spiro atoms. The molecule has 0 aromatic heterocycles. The second-order valence-electron chi connectivity index (χ2n) is 4.70. The van der Waals surface area contributed by atoms with Crippen molar-refractivity contribution in [3.05, 3.63) is 0 Å². The van der Waals surface area contributed by atoms with Crippen molar-refractivity contribution in [3.8, 4) is 0 Å². The van der Waals surface area contributed by atoms with Gasteiger partial charge in [0, 0.05) is 6.04 Å². The van der Waals surface area contributed by atoms with Gasteiger partial charge in [-0.25, -0.2) is 0 Å². The minimum absolute atomic E-state index is 0.924. The van der Waals surface area contributed by atoms with Gasteiger partial charge in [0.15, 0.2) is 0 Å².